The van der Waals surface area contributed by atoms with Crippen molar-refractivity contribution in [1.29, 1.82) is 0 Å². The summed E-state index contributed by atoms with van der Waals surface area (Å²) in [6.07, 6.45) is 1.53. The van der Waals surface area contributed by atoms with Gasteiger partial charge in [0.2, 0.25) is 11.8 Å². The zero-order valence-corrected chi connectivity index (χ0v) is 14.8. The molecule has 5 nitrogen and oxygen atoms in total. The molecule has 0 spiro atoms. The topological polar surface area (TPSA) is 65.0 Å². The van der Waals surface area contributed by atoms with E-state index < -0.39 is 0 Å². The van der Waals surface area contributed by atoms with E-state index in [1.807, 2.05) is 12.1 Å². The van der Waals surface area contributed by atoms with Crippen LogP contribution in [0.1, 0.15) is 5.69 Å². The Morgan fingerprint density at radius 2 is 1.81 bits per heavy atom. The first-order chi connectivity index (χ1) is 12.7. The van der Waals surface area contributed by atoms with E-state index in [4.69, 9.17) is 20.4 Å². The lowest BCUT2D eigenvalue weighted by Gasteiger charge is -1.95. The molecule has 26 heavy (non-hydrogen) atoms. The van der Waals surface area contributed by atoms with Crippen LogP contribution < -0.4 is 0 Å². The zero-order chi connectivity index (χ0) is 17.9. The highest BCUT2D eigenvalue weighted by Crippen LogP contribution is 2.28. The van der Waals surface area contributed by atoms with E-state index in [1.54, 1.807) is 24.3 Å². The van der Waals surface area contributed by atoms with Crippen LogP contribution in [0, 0.1) is 5.82 Å². The third-order valence-corrected chi connectivity index (χ3v) is 4.53. The second kappa shape index (κ2) is 7.31. The highest BCUT2D eigenvalue weighted by molar-refractivity contribution is 7.98. The number of hydrogen-bond donors (Lipinski definition) is 0. The van der Waals surface area contributed by atoms with E-state index in [0.717, 1.165) is 5.56 Å². The molecule has 0 saturated carbocycles. The van der Waals surface area contributed by atoms with E-state index in [9.17, 15) is 4.39 Å². The van der Waals surface area contributed by atoms with Crippen LogP contribution in [0.2, 0.25) is 5.02 Å². The molecule has 0 atom stereocenters. The van der Waals surface area contributed by atoms with Crippen LogP contribution in [-0.2, 0) is 5.75 Å². The van der Waals surface area contributed by atoms with Crippen molar-refractivity contribution >= 4 is 23.4 Å². The van der Waals surface area contributed by atoms with Crippen LogP contribution in [0.15, 0.2) is 68.9 Å². The molecule has 0 unspecified atom stereocenters. The second-order valence-corrected chi connectivity index (χ2v) is 6.69. The molecule has 2 aromatic carbocycles. The molecule has 0 aliphatic heterocycles. The molecular formula is C18H11ClFN3O2S. The van der Waals surface area contributed by atoms with Gasteiger partial charge in [0.25, 0.3) is 5.22 Å². The quantitative estimate of drug-likeness (QED) is 0.423. The van der Waals surface area contributed by atoms with E-state index in [1.165, 1.54) is 30.2 Å². The summed E-state index contributed by atoms with van der Waals surface area (Å²) in [7, 11) is 0. The predicted octanol–water partition coefficient (Wildman–Crippen LogP) is 5.48. The fourth-order valence-electron chi connectivity index (χ4n) is 2.27. The van der Waals surface area contributed by atoms with Crippen molar-refractivity contribution < 1.29 is 13.2 Å². The summed E-state index contributed by atoms with van der Waals surface area (Å²) in [4.78, 5) is 4.35. The first-order valence-corrected chi connectivity index (χ1v) is 8.96. The van der Waals surface area contributed by atoms with Crippen molar-refractivity contribution in [2.75, 3.05) is 0 Å². The van der Waals surface area contributed by atoms with Crippen LogP contribution in [0.4, 0.5) is 4.39 Å². The number of thioether (sulfide) groups is 1. The summed E-state index contributed by atoms with van der Waals surface area (Å²) in [6.45, 7) is 0. The zero-order valence-electron chi connectivity index (χ0n) is 13.2. The number of rotatable bonds is 5. The molecule has 0 N–H and O–H groups in total. The number of oxazole rings is 1. The molecule has 0 amide bonds. The molecular weight excluding hydrogens is 377 g/mol. The van der Waals surface area contributed by atoms with Crippen LogP contribution in [0.25, 0.3) is 22.9 Å². The summed E-state index contributed by atoms with van der Waals surface area (Å²) in [5.74, 6) is 0.910. The van der Waals surface area contributed by atoms with Crippen molar-refractivity contribution in [2.45, 2.75) is 11.0 Å². The molecule has 0 aliphatic carbocycles. The molecule has 0 radical (unpaired) electrons. The SMILES string of the molecule is Fc1cccc(-c2nc(CSc3nnc(-c4cccc(Cl)c4)o3)co2)c1. The molecule has 0 saturated heterocycles. The van der Waals surface area contributed by atoms with Crippen molar-refractivity contribution in [3.8, 4) is 22.9 Å². The van der Waals surface area contributed by atoms with Gasteiger partial charge in [-0.3, -0.25) is 0 Å². The van der Waals surface area contributed by atoms with Gasteiger partial charge in [-0.15, -0.1) is 10.2 Å². The van der Waals surface area contributed by atoms with Gasteiger partial charge in [-0.25, -0.2) is 9.37 Å². The first kappa shape index (κ1) is 16.8. The monoisotopic (exact) mass is 387 g/mol. The maximum absolute atomic E-state index is 13.3. The maximum Gasteiger partial charge on any atom is 0.277 e. The lowest BCUT2D eigenvalue weighted by Crippen LogP contribution is -1.83. The van der Waals surface area contributed by atoms with Crippen molar-refractivity contribution in [2.24, 2.45) is 0 Å². The van der Waals surface area contributed by atoms with Gasteiger partial charge < -0.3 is 8.83 Å². The molecule has 0 fully saturated rings. The molecule has 8 heteroatoms. The smallest absolute Gasteiger partial charge is 0.277 e. The minimum Gasteiger partial charge on any atom is -0.444 e. The molecule has 0 aliphatic rings. The van der Waals surface area contributed by atoms with Crippen molar-refractivity contribution in [1.82, 2.24) is 15.2 Å². The van der Waals surface area contributed by atoms with Crippen LogP contribution in [-0.4, -0.2) is 15.2 Å². The number of halogens is 2. The summed E-state index contributed by atoms with van der Waals surface area (Å²) < 4.78 is 24.3. The summed E-state index contributed by atoms with van der Waals surface area (Å²) in [6, 6.07) is 13.3. The Morgan fingerprint density at radius 3 is 2.62 bits per heavy atom. The second-order valence-electron chi connectivity index (χ2n) is 5.33. The largest absolute Gasteiger partial charge is 0.444 e. The average molecular weight is 388 g/mol. The average Bonchev–Trinajstić information content (AvgIpc) is 3.30. The van der Waals surface area contributed by atoms with Crippen molar-refractivity contribution in [3.05, 3.63) is 71.3 Å². The van der Waals surface area contributed by atoms with Crippen LogP contribution in [0.3, 0.4) is 0 Å². The maximum atomic E-state index is 13.3. The summed E-state index contributed by atoms with van der Waals surface area (Å²) >= 11 is 7.30. The third-order valence-electron chi connectivity index (χ3n) is 3.44. The van der Waals surface area contributed by atoms with E-state index in [-0.39, 0.29) is 5.82 Å². The van der Waals surface area contributed by atoms with E-state index in [0.29, 0.717) is 39.0 Å². The Kier molecular flexibility index (Phi) is 4.73. The van der Waals surface area contributed by atoms with Gasteiger partial charge >= 0.3 is 0 Å². The fraction of sp³-hybridized carbons (Fsp3) is 0.0556. The van der Waals surface area contributed by atoms with E-state index in [2.05, 4.69) is 15.2 Å². The van der Waals surface area contributed by atoms with Gasteiger partial charge in [0.15, 0.2) is 0 Å². The lowest BCUT2D eigenvalue weighted by molar-refractivity contribution is 0.466. The molecule has 4 aromatic rings. The van der Waals surface area contributed by atoms with Crippen molar-refractivity contribution in [3.63, 3.8) is 0 Å². The van der Waals surface area contributed by atoms with Gasteiger partial charge in [0.1, 0.15) is 12.1 Å². The molecule has 2 aromatic heterocycles. The minimum absolute atomic E-state index is 0.337. The highest BCUT2D eigenvalue weighted by atomic mass is 35.5. The fourth-order valence-corrected chi connectivity index (χ4v) is 3.10. The summed E-state index contributed by atoms with van der Waals surface area (Å²) in [5, 5.41) is 9.04. The Hall–Kier alpha value is -2.64. The van der Waals surface area contributed by atoms with Gasteiger partial charge in [-0.05, 0) is 36.4 Å². The van der Waals surface area contributed by atoms with Gasteiger partial charge in [0.05, 0.1) is 5.69 Å². The Labute approximate surface area is 157 Å². The van der Waals surface area contributed by atoms with Gasteiger partial charge in [-0.2, -0.15) is 0 Å². The predicted molar refractivity (Wildman–Crippen MR) is 96.2 cm³/mol. The van der Waals surface area contributed by atoms with Gasteiger partial charge in [-0.1, -0.05) is 35.5 Å². The minimum atomic E-state index is -0.337. The molecule has 4 rings (SSSR count). The van der Waals surface area contributed by atoms with Crippen LogP contribution in [0.5, 0.6) is 0 Å². The number of aromatic nitrogens is 3. The van der Waals surface area contributed by atoms with Crippen LogP contribution >= 0.6 is 23.4 Å². The Morgan fingerprint density at radius 1 is 1.00 bits per heavy atom. The number of nitrogens with zero attached hydrogens (tertiary/aromatic N) is 3. The lowest BCUT2D eigenvalue weighted by atomic mass is 10.2. The Bertz CT molecular complexity index is 966. The molecule has 130 valence electrons. The molecule has 2 heterocycles. The summed E-state index contributed by atoms with van der Waals surface area (Å²) in [5.41, 5.74) is 2.03. The molecule has 0 bridgehead atoms. The number of benzene rings is 2. The standard InChI is InChI=1S/C18H11ClFN3O2S/c19-13-5-1-3-11(7-13)17-22-23-18(25-17)26-10-15-9-24-16(21-15)12-4-2-6-14(20)8-12/h1-9H,10H2. The first-order valence-electron chi connectivity index (χ1n) is 7.60. The third kappa shape index (κ3) is 3.79. The normalized spacial score (nSPS) is 11.0. The number of hydrogen-bond acceptors (Lipinski definition) is 6. The highest BCUT2D eigenvalue weighted by Gasteiger charge is 2.12. The Balaban J connectivity index is 1.44. The van der Waals surface area contributed by atoms with E-state index >= 15 is 0 Å². The van der Waals surface area contributed by atoms with Gasteiger partial charge in [0, 0.05) is 21.9 Å².